The molecule has 1 atom stereocenters. The van der Waals surface area contributed by atoms with E-state index in [9.17, 15) is 4.79 Å². The van der Waals surface area contributed by atoms with Crippen LogP contribution >= 0.6 is 0 Å². The number of rotatable bonds is 3. The number of fused-ring (bicyclic) bond motifs is 2. The van der Waals surface area contributed by atoms with Gasteiger partial charge >= 0.3 is 5.97 Å². The highest BCUT2D eigenvalue weighted by molar-refractivity contribution is 5.92. The van der Waals surface area contributed by atoms with Gasteiger partial charge in [0.15, 0.2) is 11.5 Å². The van der Waals surface area contributed by atoms with E-state index in [1.54, 1.807) is 11.6 Å². The van der Waals surface area contributed by atoms with Gasteiger partial charge in [-0.15, -0.1) is 0 Å². The molecule has 0 spiro atoms. The lowest BCUT2D eigenvalue weighted by molar-refractivity contribution is -0.139. The highest BCUT2D eigenvalue weighted by Crippen LogP contribution is 2.39. The summed E-state index contributed by atoms with van der Waals surface area (Å²) < 4.78 is 18.2. The van der Waals surface area contributed by atoms with E-state index in [2.05, 4.69) is 15.4 Å². The summed E-state index contributed by atoms with van der Waals surface area (Å²) in [6.45, 7) is 4.93. The Morgan fingerprint density at radius 2 is 2.16 bits per heavy atom. The number of aromatic nitrogens is 3. The molecule has 1 unspecified atom stereocenters. The maximum Gasteiger partial charge on any atom is 0.338 e. The second-order valence-corrected chi connectivity index (χ2v) is 5.72. The predicted octanol–water partition coefficient (Wildman–Crippen LogP) is 1.90. The quantitative estimate of drug-likeness (QED) is 0.852. The summed E-state index contributed by atoms with van der Waals surface area (Å²) in [5.74, 6) is 1.55. The van der Waals surface area contributed by atoms with Crippen LogP contribution in [-0.4, -0.2) is 40.6 Å². The van der Waals surface area contributed by atoms with Gasteiger partial charge in [0.05, 0.1) is 12.2 Å². The zero-order valence-corrected chi connectivity index (χ0v) is 14.0. The first-order chi connectivity index (χ1) is 12.2. The fourth-order valence-corrected chi connectivity index (χ4v) is 3.10. The molecule has 0 fully saturated rings. The average molecular weight is 342 g/mol. The molecule has 4 rings (SSSR count). The molecule has 0 radical (unpaired) electrons. The monoisotopic (exact) mass is 342 g/mol. The Labute approximate surface area is 144 Å². The summed E-state index contributed by atoms with van der Waals surface area (Å²) in [5, 5.41) is 7.39. The van der Waals surface area contributed by atoms with Crippen molar-refractivity contribution in [1.82, 2.24) is 14.8 Å². The average Bonchev–Trinajstić information content (AvgIpc) is 3.08. The number of allylic oxidation sites excluding steroid dienone is 1. The van der Waals surface area contributed by atoms with Crippen LogP contribution in [0.15, 0.2) is 35.8 Å². The lowest BCUT2D eigenvalue weighted by Gasteiger charge is -2.29. The molecule has 25 heavy (non-hydrogen) atoms. The Morgan fingerprint density at radius 1 is 1.36 bits per heavy atom. The fraction of sp³-hybridized carbons (Fsp3) is 0.353. The zero-order valence-electron chi connectivity index (χ0n) is 14.0. The molecular weight excluding hydrogens is 324 g/mol. The Hall–Kier alpha value is -3.03. The van der Waals surface area contributed by atoms with Crippen LogP contribution in [-0.2, 0) is 9.53 Å². The zero-order chi connectivity index (χ0) is 17.4. The molecule has 0 saturated heterocycles. The molecule has 1 N–H and O–H groups in total. The molecule has 0 saturated carbocycles. The Morgan fingerprint density at radius 3 is 2.96 bits per heavy atom. The van der Waals surface area contributed by atoms with Crippen molar-refractivity contribution in [3.63, 3.8) is 0 Å². The van der Waals surface area contributed by atoms with E-state index < -0.39 is 6.04 Å². The van der Waals surface area contributed by atoms with Crippen molar-refractivity contribution >= 4 is 11.9 Å². The summed E-state index contributed by atoms with van der Waals surface area (Å²) in [6, 6.07) is 5.18. The van der Waals surface area contributed by atoms with E-state index >= 15 is 0 Å². The minimum absolute atomic E-state index is 0.299. The van der Waals surface area contributed by atoms with Gasteiger partial charge in [-0.3, -0.25) is 0 Å². The number of hydrogen-bond acceptors (Lipinski definition) is 7. The SMILES string of the molecule is CCOC(=O)C1=C(C)Nc2ncnn2C1c1ccc2c(c1)OCCO2. The number of benzene rings is 1. The van der Waals surface area contributed by atoms with E-state index in [1.165, 1.54) is 6.33 Å². The minimum atomic E-state index is -0.450. The Kier molecular flexibility index (Phi) is 3.79. The van der Waals surface area contributed by atoms with Crippen LogP contribution in [0.5, 0.6) is 11.5 Å². The molecular formula is C17H18N4O4. The van der Waals surface area contributed by atoms with Crippen molar-refractivity contribution in [2.45, 2.75) is 19.9 Å². The number of ether oxygens (including phenoxy) is 3. The van der Waals surface area contributed by atoms with E-state index in [-0.39, 0.29) is 5.97 Å². The number of esters is 1. The fourth-order valence-electron chi connectivity index (χ4n) is 3.10. The first-order valence-electron chi connectivity index (χ1n) is 8.13. The number of anilines is 1. The lowest BCUT2D eigenvalue weighted by Crippen LogP contribution is -2.29. The highest BCUT2D eigenvalue weighted by atomic mass is 16.6. The first-order valence-corrected chi connectivity index (χ1v) is 8.13. The van der Waals surface area contributed by atoms with Crippen LogP contribution in [0, 0.1) is 0 Å². The van der Waals surface area contributed by atoms with Crippen LogP contribution in [0.2, 0.25) is 0 Å². The molecule has 0 amide bonds. The van der Waals surface area contributed by atoms with E-state index in [4.69, 9.17) is 14.2 Å². The highest BCUT2D eigenvalue weighted by Gasteiger charge is 2.34. The summed E-state index contributed by atoms with van der Waals surface area (Å²) in [7, 11) is 0. The molecule has 2 aliphatic heterocycles. The van der Waals surface area contributed by atoms with Crippen LogP contribution < -0.4 is 14.8 Å². The Bertz CT molecular complexity index is 858. The van der Waals surface area contributed by atoms with Gasteiger partial charge in [0, 0.05) is 5.70 Å². The summed E-state index contributed by atoms with van der Waals surface area (Å²) >= 11 is 0. The molecule has 3 heterocycles. The number of carbonyl (C=O) groups excluding carboxylic acids is 1. The Balaban J connectivity index is 1.83. The van der Waals surface area contributed by atoms with E-state index in [0.717, 1.165) is 5.56 Å². The number of nitrogens with one attached hydrogen (secondary N) is 1. The summed E-state index contributed by atoms with van der Waals surface area (Å²) in [6.07, 6.45) is 1.45. The van der Waals surface area contributed by atoms with Gasteiger partial charge in [-0.05, 0) is 31.5 Å². The van der Waals surface area contributed by atoms with E-state index in [1.807, 2.05) is 25.1 Å². The largest absolute Gasteiger partial charge is 0.486 e. The van der Waals surface area contributed by atoms with Crippen molar-refractivity contribution in [3.05, 3.63) is 41.4 Å². The van der Waals surface area contributed by atoms with Crippen LogP contribution in [0.4, 0.5) is 5.95 Å². The summed E-state index contributed by atoms with van der Waals surface area (Å²) in [4.78, 5) is 16.8. The van der Waals surface area contributed by atoms with Crippen molar-refractivity contribution < 1.29 is 19.0 Å². The van der Waals surface area contributed by atoms with E-state index in [0.29, 0.717) is 48.5 Å². The van der Waals surface area contributed by atoms with Gasteiger partial charge in [-0.25, -0.2) is 9.48 Å². The number of nitrogens with zero attached hydrogens (tertiary/aromatic N) is 3. The van der Waals surface area contributed by atoms with Gasteiger partial charge in [0.2, 0.25) is 5.95 Å². The van der Waals surface area contributed by atoms with Gasteiger partial charge in [0.1, 0.15) is 25.6 Å². The second kappa shape index (κ2) is 6.12. The normalized spacial score (nSPS) is 18.4. The number of hydrogen-bond donors (Lipinski definition) is 1. The van der Waals surface area contributed by atoms with Crippen molar-refractivity contribution in [2.75, 3.05) is 25.1 Å². The third-order valence-corrected chi connectivity index (χ3v) is 4.17. The molecule has 2 aliphatic rings. The predicted molar refractivity (Wildman–Crippen MR) is 88.5 cm³/mol. The third-order valence-electron chi connectivity index (χ3n) is 4.17. The second-order valence-electron chi connectivity index (χ2n) is 5.72. The third kappa shape index (κ3) is 2.59. The maximum atomic E-state index is 12.6. The lowest BCUT2D eigenvalue weighted by atomic mass is 9.95. The molecule has 1 aromatic carbocycles. The molecule has 0 aliphatic carbocycles. The topological polar surface area (TPSA) is 87.5 Å². The molecule has 0 bridgehead atoms. The minimum Gasteiger partial charge on any atom is -0.486 e. The smallest absolute Gasteiger partial charge is 0.338 e. The van der Waals surface area contributed by atoms with Gasteiger partial charge < -0.3 is 19.5 Å². The first kappa shape index (κ1) is 15.5. The molecule has 1 aromatic heterocycles. The van der Waals surface area contributed by atoms with Crippen molar-refractivity contribution in [1.29, 1.82) is 0 Å². The van der Waals surface area contributed by atoms with Gasteiger partial charge in [-0.2, -0.15) is 10.1 Å². The number of carbonyl (C=O) groups is 1. The molecule has 8 nitrogen and oxygen atoms in total. The van der Waals surface area contributed by atoms with Crippen molar-refractivity contribution in [2.24, 2.45) is 0 Å². The van der Waals surface area contributed by atoms with Gasteiger partial charge in [-0.1, -0.05) is 6.07 Å². The van der Waals surface area contributed by atoms with Crippen LogP contribution in [0.1, 0.15) is 25.5 Å². The molecule has 8 heteroatoms. The summed E-state index contributed by atoms with van der Waals surface area (Å²) in [5.41, 5.74) is 2.04. The standard InChI is InChI=1S/C17H18N4O4/c1-3-23-16(22)14-10(2)20-17-18-9-19-21(17)15(14)11-4-5-12-13(8-11)25-7-6-24-12/h4-5,8-9,15H,3,6-7H2,1-2H3,(H,18,19,20). The van der Waals surface area contributed by atoms with Crippen molar-refractivity contribution in [3.8, 4) is 11.5 Å². The van der Waals surface area contributed by atoms with Crippen LogP contribution in [0.3, 0.4) is 0 Å². The maximum absolute atomic E-state index is 12.6. The van der Waals surface area contributed by atoms with Crippen LogP contribution in [0.25, 0.3) is 0 Å². The molecule has 130 valence electrons. The van der Waals surface area contributed by atoms with Gasteiger partial charge in [0.25, 0.3) is 0 Å². The molecule has 2 aromatic rings.